The molecule has 16 heavy (non-hydrogen) atoms. The molecule has 0 radical (unpaired) electrons. The molecule has 0 aromatic carbocycles. The number of hydrogen-bond acceptors (Lipinski definition) is 4. The van der Waals surface area contributed by atoms with Crippen molar-refractivity contribution in [3.8, 4) is 6.07 Å². The molecule has 1 aliphatic heterocycles. The Labute approximate surface area is 105 Å². The van der Waals surface area contributed by atoms with Crippen molar-refractivity contribution in [2.24, 2.45) is 0 Å². The van der Waals surface area contributed by atoms with E-state index in [4.69, 9.17) is 5.26 Å². The maximum absolute atomic E-state index is 8.72. The molecule has 0 spiro atoms. The van der Waals surface area contributed by atoms with Crippen molar-refractivity contribution in [3.63, 3.8) is 0 Å². The highest BCUT2D eigenvalue weighted by Gasteiger charge is 2.13. The largest absolute Gasteiger partial charge is 0.311 e. The van der Waals surface area contributed by atoms with Crippen molar-refractivity contribution in [1.29, 1.82) is 5.26 Å². The molecule has 1 fully saturated rings. The van der Waals surface area contributed by atoms with Gasteiger partial charge in [0.15, 0.2) is 0 Å². The number of nitrogens with one attached hydrogen (secondary N) is 1. The van der Waals surface area contributed by atoms with Gasteiger partial charge in [0.2, 0.25) is 0 Å². The third-order valence-electron chi connectivity index (χ3n) is 2.72. The Hall–Kier alpha value is -0.500. The van der Waals surface area contributed by atoms with Crippen LogP contribution in [0.4, 0.5) is 0 Å². The van der Waals surface area contributed by atoms with E-state index in [0.29, 0.717) is 0 Å². The van der Waals surface area contributed by atoms with Gasteiger partial charge < -0.3 is 5.32 Å². The summed E-state index contributed by atoms with van der Waals surface area (Å²) in [4.78, 5) is 2.07. The van der Waals surface area contributed by atoms with Gasteiger partial charge in [0.05, 0.1) is 0 Å². The average Bonchev–Trinajstić information content (AvgIpc) is 2.78. The SMILES string of the molecule is N#Cc1ccc(CNCC2CCCCS2)s1. The number of rotatable bonds is 4. The quantitative estimate of drug-likeness (QED) is 0.895. The maximum atomic E-state index is 8.72. The Morgan fingerprint density at radius 2 is 2.38 bits per heavy atom. The van der Waals surface area contributed by atoms with E-state index in [1.165, 1.54) is 29.9 Å². The summed E-state index contributed by atoms with van der Waals surface area (Å²) in [6.45, 7) is 2.01. The van der Waals surface area contributed by atoms with Gasteiger partial charge in [0.25, 0.3) is 0 Å². The van der Waals surface area contributed by atoms with Crippen molar-refractivity contribution in [2.75, 3.05) is 12.3 Å². The van der Waals surface area contributed by atoms with Crippen LogP contribution in [0.2, 0.25) is 0 Å². The summed E-state index contributed by atoms with van der Waals surface area (Å²) in [6, 6.07) is 6.12. The summed E-state index contributed by atoms with van der Waals surface area (Å²) in [5.41, 5.74) is 0. The second-order valence-corrected chi connectivity index (χ2v) is 6.57. The summed E-state index contributed by atoms with van der Waals surface area (Å²) >= 11 is 3.69. The van der Waals surface area contributed by atoms with Crippen LogP contribution in [0.3, 0.4) is 0 Å². The number of hydrogen-bond donors (Lipinski definition) is 1. The molecule has 2 heterocycles. The molecule has 4 heteroatoms. The van der Waals surface area contributed by atoms with Crippen LogP contribution in [-0.4, -0.2) is 17.5 Å². The zero-order chi connectivity index (χ0) is 11.2. The van der Waals surface area contributed by atoms with E-state index in [1.54, 1.807) is 11.3 Å². The molecule has 1 aromatic heterocycles. The molecule has 0 aliphatic carbocycles. The van der Waals surface area contributed by atoms with Gasteiger partial charge in [-0.2, -0.15) is 17.0 Å². The molecule has 1 unspecified atom stereocenters. The van der Waals surface area contributed by atoms with Crippen LogP contribution < -0.4 is 5.32 Å². The van der Waals surface area contributed by atoms with Gasteiger partial charge in [0, 0.05) is 23.2 Å². The third kappa shape index (κ3) is 3.51. The number of thioether (sulfide) groups is 1. The Morgan fingerprint density at radius 3 is 3.06 bits per heavy atom. The van der Waals surface area contributed by atoms with Crippen LogP contribution in [0.1, 0.15) is 29.0 Å². The second-order valence-electron chi connectivity index (χ2n) is 4.00. The predicted molar refractivity (Wildman–Crippen MR) is 70.8 cm³/mol. The van der Waals surface area contributed by atoms with Crippen molar-refractivity contribution in [3.05, 3.63) is 21.9 Å². The summed E-state index contributed by atoms with van der Waals surface area (Å²) in [5, 5.41) is 13.0. The molecule has 1 atom stereocenters. The van der Waals surface area contributed by atoms with E-state index in [1.807, 2.05) is 12.1 Å². The molecule has 1 saturated heterocycles. The Balaban J connectivity index is 1.69. The average molecular weight is 252 g/mol. The summed E-state index contributed by atoms with van der Waals surface area (Å²) in [7, 11) is 0. The normalized spacial score (nSPS) is 20.6. The highest BCUT2D eigenvalue weighted by atomic mass is 32.2. The van der Waals surface area contributed by atoms with Crippen molar-refractivity contribution in [1.82, 2.24) is 5.32 Å². The molecule has 1 N–H and O–H groups in total. The summed E-state index contributed by atoms with van der Waals surface area (Å²) in [6.07, 6.45) is 4.13. The van der Waals surface area contributed by atoms with Gasteiger partial charge >= 0.3 is 0 Å². The topological polar surface area (TPSA) is 35.8 Å². The summed E-state index contributed by atoms with van der Waals surface area (Å²) in [5.74, 6) is 1.32. The van der Waals surface area contributed by atoms with Gasteiger partial charge in [-0.05, 0) is 30.7 Å². The second kappa shape index (κ2) is 6.29. The fourth-order valence-corrected chi connectivity index (χ4v) is 3.91. The van der Waals surface area contributed by atoms with Crippen molar-refractivity contribution in [2.45, 2.75) is 31.1 Å². The van der Waals surface area contributed by atoms with Crippen LogP contribution in [0.15, 0.2) is 12.1 Å². The fraction of sp³-hybridized carbons (Fsp3) is 0.583. The van der Waals surface area contributed by atoms with Crippen LogP contribution >= 0.6 is 23.1 Å². The number of nitriles is 1. The van der Waals surface area contributed by atoms with E-state index >= 15 is 0 Å². The molecule has 1 aliphatic rings. The van der Waals surface area contributed by atoms with E-state index in [2.05, 4.69) is 23.1 Å². The smallest absolute Gasteiger partial charge is 0.110 e. The lowest BCUT2D eigenvalue weighted by atomic mass is 10.2. The molecule has 1 aromatic rings. The molecule has 0 saturated carbocycles. The lowest BCUT2D eigenvalue weighted by Crippen LogP contribution is -2.26. The minimum atomic E-state index is 0.796. The third-order valence-corrected chi connectivity index (χ3v) is 5.11. The maximum Gasteiger partial charge on any atom is 0.110 e. The first-order chi connectivity index (χ1) is 7.88. The number of nitrogens with zero attached hydrogens (tertiary/aromatic N) is 1. The van der Waals surface area contributed by atoms with Crippen LogP contribution in [-0.2, 0) is 6.54 Å². The standard InChI is InChI=1S/C12H16N2S2/c13-7-10-4-5-12(16-10)9-14-8-11-3-1-2-6-15-11/h4-5,11,14H,1-3,6,8-9H2. The molecular formula is C12H16N2S2. The minimum absolute atomic E-state index is 0.796. The van der Waals surface area contributed by atoms with Gasteiger partial charge in [-0.3, -0.25) is 0 Å². The van der Waals surface area contributed by atoms with Gasteiger partial charge in [0.1, 0.15) is 10.9 Å². The Kier molecular flexibility index (Phi) is 4.70. The van der Waals surface area contributed by atoms with E-state index in [-0.39, 0.29) is 0 Å². The van der Waals surface area contributed by atoms with Crippen molar-refractivity contribution >= 4 is 23.1 Å². The zero-order valence-corrected chi connectivity index (χ0v) is 10.9. The number of thiophene rings is 1. The first-order valence-corrected chi connectivity index (χ1v) is 7.56. The zero-order valence-electron chi connectivity index (χ0n) is 9.24. The molecular weight excluding hydrogens is 236 g/mol. The molecule has 2 rings (SSSR count). The van der Waals surface area contributed by atoms with Gasteiger partial charge in [-0.15, -0.1) is 11.3 Å². The van der Waals surface area contributed by atoms with E-state index in [9.17, 15) is 0 Å². The molecule has 2 nitrogen and oxygen atoms in total. The highest BCUT2D eigenvalue weighted by Crippen LogP contribution is 2.24. The van der Waals surface area contributed by atoms with Gasteiger partial charge in [-0.25, -0.2) is 0 Å². The first-order valence-electron chi connectivity index (χ1n) is 5.69. The predicted octanol–water partition coefficient (Wildman–Crippen LogP) is 3.00. The Bertz CT molecular complexity index is 361. The summed E-state index contributed by atoms with van der Waals surface area (Å²) < 4.78 is 0. The highest BCUT2D eigenvalue weighted by molar-refractivity contribution is 7.99. The molecule has 0 bridgehead atoms. The van der Waals surface area contributed by atoms with Crippen LogP contribution in [0, 0.1) is 11.3 Å². The van der Waals surface area contributed by atoms with E-state index < -0.39 is 0 Å². The van der Waals surface area contributed by atoms with E-state index in [0.717, 1.165) is 23.2 Å². The van der Waals surface area contributed by atoms with Crippen LogP contribution in [0.5, 0.6) is 0 Å². The first kappa shape index (κ1) is 12.0. The fourth-order valence-electron chi connectivity index (χ4n) is 1.86. The molecule has 0 amide bonds. The minimum Gasteiger partial charge on any atom is -0.311 e. The lowest BCUT2D eigenvalue weighted by Gasteiger charge is -2.21. The van der Waals surface area contributed by atoms with Crippen molar-refractivity contribution < 1.29 is 0 Å². The monoisotopic (exact) mass is 252 g/mol. The Morgan fingerprint density at radius 1 is 1.44 bits per heavy atom. The lowest BCUT2D eigenvalue weighted by molar-refractivity contribution is 0.600. The molecule has 86 valence electrons. The van der Waals surface area contributed by atoms with Crippen LogP contribution in [0.25, 0.3) is 0 Å². The van der Waals surface area contributed by atoms with Gasteiger partial charge in [-0.1, -0.05) is 6.42 Å².